The van der Waals surface area contributed by atoms with Gasteiger partial charge < -0.3 is 42.6 Å². The van der Waals surface area contributed by atoms with Crippen LogP contribution in [-0.2, 0) is 35.2 Å². The molecule has 4 amide bonds. The van der Waals surface area contributed by atoms with Crippen molar-refractivity contribution in [3.05, 3.63) is 36.0 Å². The molecule has 2 rings (SSSR count). The Labute approximate surface area is 223 Å². The summed E-state index contributed by atoms with van der Waals surface area (Å²) in [5.74, 6) is -6.36. The molecule has 0 spiro atoms. The Hall–Kier alpha value is -4.46. The summed E-state index contributed by atoms with van der Waals surface area (Å²) in [5, 5.41) is 26.4. The summed E-state index contributed by atoms with van der Waals surface area (Å²) in [6, 6.07) is 2.04. The monoisotopic (exact) mass is 546 g/mol. The van der Waals surface area contributed by atoms with Gasteiger partial charge in [-0.1, -0.05) is 32.0 Å². The number of nitrogens with two attached hydrogens (primary N) is 2. The van der Waals surface area contributed by atoms with Crippen LogP contribution < -0.4 is 27.4 Å². The van der Waals surface area contributed by atoms with Gasteiger partial charge in [-0.05, 0) is 24.0 Å². The predicted molar refractivity (Wildman–Crippen MR) is 139 cm³/mol. The van der Waals surface area contributed by atoms with Gasteiger partial charge in [0, 0.05) is 29.9 Å². The summed E-state index contributed by atoms with van der Waals surface area (Å²) in [6.45, 7) is 3.24. The number of aromatic amines is 1. The van der Waals surface area contributed by atoms with E-state index in [0.717, 1.165) is 10.9 Å². The highest BCUT2D eigenvalue weighted by molar-refractivity contribution is 5.95. The Morgan fingerprint density at radius 1 is 0.923 bits per heavy atom. The number of H-pyrrole nitrogens is 1. The number of benzene rings is 1. The maximum Gasteiger partial charge on any atom is 0.326 e. The standard InChI is InChI=1S/C25H34N6O8/c1-12(2)21(24(37)29-17(25(38)39)7-8-20(33)34)31-23(36)18(30-22(35)15(26)10-19(27)32)9-13-11-28-16-6-4-3-5-14(13)16/h3-6,11-12,15,17-18,21,28H,7-10,26H2,1-2H3,(H2,27,32)(H,29,37)(H,30,35)(H,31,36)(H,33,34)(H,38,39). The Kier molecular flexibility index (Phi) is 11.0. The zero-order valence-electron chi connectivity index (χ0n) is 21.6. The highest BCUT2D eigenvalue weighted by Gasteiger charge is 2.32. The van der Waals surface area contributed by atoms with E-state index in [0.29, 0.717) is 5.56 Å². The minimum Gasteiger partial charge on any atom is -0.481 e. The molecule has 0 fully saturated rings. The van der Waals surface area contributed by atoms with Gasteiger partial charge in [0.25, 0.3) is 0 Å². The topological polar surface area (TPSA) is 247 Å². The van der Waals surface area contributed by atoms with Gasteiger partial charge in [-0.3, -0.25) is 24.0 Å². The van der Waals surface area contributed by atoms with Crippen LogP contribution in [0.5, 0.6) is 0 Å². The number of aliphatic carboxylic acids is 2. The summed E-state index contributed by atoms with van der Waals surface area (Å²) >= 11 is 0. The van der Waals surface area contributed by atoms with Crippen molar-refractivity contribution in [1.82, 2.24) is 20.9 Å². The molecule has 0 aliphatic rings. The van der Waals surface area contributed by atoms with E-state index in [1.807, 2.05) is 18.2 Å². The highest BCUT2D eigenvalue weighted by Crippen LogP contribution is 2.19. The fourth-order valence-electron chi connectivity index (χ4n) is 3.89. The summed E-state index contributed by atoms with van der Waals surface area (Å²) in [6.07, 6.45) is 0.379. The number of para-hydroxylation sites is 1. The lowest BCUT2D eigenvalue weighted by molar-refractivity contribution is -0.143. The van der Waals surface area contributed by atoms with Crippen molar-refractivity contribution in [3.63, 3.8) is 0 Å². The third kappa shape index (κ3) is 9.10. The molecule has 4 unspecified atom stereocenters. The van der Waals surface area contributed by atoms with Gasteiger partial charge in [-0.15, -0.1) is 0 Å². The molecule has 0 bridgehead atoms. The van der Waals surface area contributed by atoms with Crippen molar-refractivity contribution in [2.75, 3.05) is 0 Å². The number of primary amides is 1. The molecule has 14 heteroatoms. The van der Waals surface area contributed by atoms with Gasteiger partial charge in [-0.25, -0.2) is 4.79 Å². The first-order chi connectivity index (χ1) is 18.3. The van der Waals surface area contributed by atoms with Gasteiger partial charge in [0.2, 0.25) is 23.6 Å². The number of aromatic nitrogens is 1. The van der Waals surface area contributed by atoms with Crippen LogP contribution in [0.4, 0.5) is 0 Å². The predicted octanol–water partition coefficient (Wildman–Crippen LogP) is -1.03. The Bertz CT molecular complexity index is 1230. The van der Waals surface area contributed by atoms with E-state index in [2.05, 4.69) is 20.9 Å². The molecule has 0 aliphatic heterocycles. The van der Waals surface area contributed by atoms with E-state index < -0.39 is 78.5 Å². The summed E-state index contributed by atoms with van der Waals surface area (Å²) < 4.78 is 0. The normalized spacial score (nSPS) is 14.2. The van der Waals surface area contributed by atoms with Crippen LogP contribution in [0.15, 0.2) is 30.5 Å². The molecule has 1 heterocycles. The third-order valence-corrected chi connectivity index (χ3v) is 6.00. The maximum atomic E-state index is 13.4. The van der Waals surface area contributed by atoms with E-state index in [1.165, 1.54) is 0 Å². The van der Waals surface area contributed by atoms with Crippen LogP contribution in [-0.4, -0.2) is 74.9 Å². The number of fused-ring (bicyclic) bond motifs is 1. The smallest absolute Gasteiger partial charge is 0.326 e. The summed E-state index contributed by atoms with van der Waals surface area (Å²) in [5.41, 5.74) is 12.3. The van der Waals surface area contributed by atoms with Crippen LogP contribution in [0, 0.1) is 5.92 Å². The fourth-order valence-corrected chi connectivity index (χ4v) is 3.89. The molecule has 1 aromatic carbocycles. The van der Waals surface area contributed by atoms with Crippen LogP contribution in [0.25, 0.3) is 10.9 Å². The van der Waals surface area contributed by atoms with Gasteiger partial charge in [0.05, 0.1) is 12.5 Å². The van der Waals surface area contributed by atoms with Gasteiger partial charge in [0.15, 0.2) is 0 Å². The number of carboxylic acids is 2. The quantitative estimate of drug-likeness (QED) is 0.136. The highest BCUT2D eigenvalue weighted by atomic mass is 16.4. The lowest BCUT2D eigenvalue weighted by atomic mass is 9.99. The second-order valence-electron chi connectivity index (χ2n) is 9.46. The zero-order chi connectivity index (χ0) is 29.3. The number of carbonyl (C=O) groups is 6. The first kappa shape index (κ1) is 30.8. The molecule has 0 saturated heterocycles. The van der Waals surface area contributed by atoms with Crippen molar-refractivity contribution >= 4 is 46.5 Å². The van der Waals surface area contributed by atoms with Gasteiger partial charge in [-0.2, -0.15) is 0 Å². The Morgan fingerprint density at radius 2 is 1.56 bits per heavy atom. The van der Waals surface area contributed by atoms with Crippen LogP contribution in [0.3, 0.4) is 0 Å². The summed E-state index contributed by atoms with van der Waals surface area (Å²) in [4.78, 5) is 75.7. The number of carboxylic acid groups (broad SMARTS) is 2. The fraction of sp³-hybridized carbons (Fsp3) is 0.440. The summed E-state index contributed by atoms with van der Waals surface area (Å²) in [7, 11) is 0. The van der Waals surface area contributed by atoms with Crippen molar-refractivity contribution in [3.8, 4) is 0 Å². The Balaban J connectivity index is 2.27. The van der Waals surface area contributed by atoms with E-state index >= 15 is 0 Å². The first-order valence-electron chi connectivity index (χ1n) is 12.2. The average Bonchev–Trinajstić information content (AvgIpc) is 3.26. The van der Waals surface area contributed by atoms with Crippen molar-refractivity contribution in [2.24, 2.45) is 17.4 Å². The molecule has 0 radical (unpaired) electrons. The molecule has 0 aliphatic carbocycles. The number of hydrogen-bond acceptors (Lipinski definition) is 7. The number of hydrogen-bond donors (Lipinski definition) is 8. The molecule has 39 heavy (non-hydrogen) atoms. The molecule has 212 valence electrons. The van der Waals surface area contributed by atoms with Crippen molar-refractivity contribution < 1.29 is 39.0 Å². The first-order valence-corrected chi connectivity index (χ1v) is 12.2. The third-order valence-electron chi connectivity index (χ3n) is 6.00. The number of rotatable bonds is 15. The molecule has 1 aromatic heterocycles. The lowest BCUT2D eigenvalue weighted by Gasteiger charge is -2.27. The van der Waals surface area contributed by atoms with E-state index in [4.69, 9.17) is 16.6 Å². The maximum absolute atomic E-state index is 13.4. The molecule has 2 aromatic rings. The van der Waals surface area contributed by atoms with Crippen LogP contribution in [0.2, 0.25) is 0 Å². The molecular formula is C25H34N6O8. The lowest BCUT2D eigenvalue weighted by Crippen LogP contribution is -2.59. The number of nitrogens with one attached hydrogen (secondary N) is 4. The Morgan fingerprint density at radius 3 is 2.15 bits per heavy atom. The number of carbonyl (C=O) groups excluding carboxylic acids is 4. The molecule has 0 saturated carbocycles. The molecule has 4 atom stereocenters. The van der Waals surface area contributed by atoms with E-state index in [-0.39, 0.29) is 12.8 Å². The van der Waals surface area contributed by atoms with Gasteiger partial charge >= 0.3 is 11.9 Å². The minimum absolute atomic E-state index is 0.00627. The number of amides is 4. The second-order valence-corrected chi connectivity index (χ2v) is 9.46. The van der Waals surface area contributed by atoms with Gasteiger partial charge in [0.1, 0.15) is 18.1 Å². The second kappa shape index (κ2) is 13.9. The minimum atomic E-state index is -1.49. The molecule has 14 nitrogen and oxygen atoms in total. The van der Waals surface area contributed by atoms with Crippen molar-refractivity contribution in [2.45, 2.75) is 63.7 Å². The van der Waals surface area contributed by atoms with E-state index in [1.54, 1.807) is 26.1 Å². The van der Waals surface area contributed by atoms with Crippen molar-refractivity contribution in [1.29, 1.82) is 0 Å². The molecule has 10 N–H and O–H groups in total. The van der Waals surface area contributed by atoms with Crippen LogP contribution in [0.1, 0.15) is 38.7 Å². The zero-order valence-corrected chi connectivity index (χ0v) is 21.6. The van der Waals surface area contributed by atoms with E-state index in [9.17, 15) is 33.9 Å². The molecular weight excluding hydrogens is 512 g/mol. The largest absolute Gasteiger partial charge is 0.481 e. The average molecular weight is 547 g/mol. The van der Waals surface area contributed by atoms with Crippen LogP contribution >= 0.6 is 0 Å². The SMILES string of the molecule is CC(C)C(NC(=O)C(Cc1c[nH]c2ccccc12)NC(=O)C(N)CC(N)=O)C(=O)NC(CCC(=O)O)C(=O)O.